The maximum atomic E-state index is 10.6. The minimum absolute atomic E-state index is 0.120. The number of carboxylic acid groups (broad SMARTS) is 1. The van der Waals surface area contributed by atoms with E-state index >= 15 is 0 Å². The van der Waals surface area contributed by atoms with Crippen LogP contribution in [0.15, 0.2) is 0 Å². The maximum absolute atomic E-state index is 10.6. The molecule has 0 aromatic carbocycles. The molecule has 1 fully saturated rings. The first kappa shape index (κ1) is 13.8. The molecule has 4 nitrogen and oxygen atoms in total. The molecule has 0 aromatic heterocycles. The van der Waals surface area contributed by atoms with Crippen LogP contribution < -0.4 is 0 Å². The van der Waals surface area contributed by atoms with Crippen LogP contribution in [-0.2, 0) is 9.53 Å². The van der Waals surface area contributed by atoms with Gasteiger partial charge in [-0.3, -0.25) is 9.69 Å². The van der Waals surface area contributed by atoms with Gasteiger partial charge in [-0.15, -0.1) is 0 Å². The fourth-order valence-corrected chi connectivity index (χ4v) is 2.46. The highest BCUT2D eigenvalue weighted by Crippen LogP contribution is 2.10. The molecule has 1 N–H and O–H groups in total. The molecule has 16 heavy (non-hydrogen) atoms. The number of hydrogen-bond acceptors (Lipinski definition) is 4. The smallest absolute Gasteiger partial charge is 0.306 e. The van der Waals surface area contributed by atoms with Crippen LogP contribution >= 0.6 is 11.8 Å². The quantitative estimate of drug-likeness (QED) is 0.687. The largest absolute Gasteiger partial charge is 0.481 e. The third-order valence-corrected chi connectivity index (χ3v) is 3.58. The summed E-state index contributed by atoms with van der Waals surface area (Å²) in [5, 5.41) is 8.70. The second kappa shape index (κ2) is 7.92. The van der Waals surface area contributed by atoms with Crippen LogP contribution in [0.2, 0.25) is 0 Å². The lowest BCUT2D eigenvalue weighted by atomic mass is 10.2. The molecule has 0 saturated carbocycles. The Labute approximate surface area is 101 Å². The van der Waals surface area contributed by atoms with E-state index in [1.807, 2.05) is 11.8 Å². The van der Waals surface area contributed by atoms with Gasteiger partial charge in [0.25, 0.3) is 0 Å². The number of aliphatic carboxylic acids is 1. The van der Waals surface area contributed by atoms with Crippen LogP contribution in [0.1, 0.15) is 19.8 Å². The minimum atomic E-state index is -0.770. The Bertz CT molecular complexity index is 213. The standard InChI is InChI=1S/C11H21NO3S/c1-2-16-7-3-4-12-5-6-15-10(9-12)8-11(13)14/h10H,2-9H2,1H3,(H,13,14). The van der Waals surface area contributed by atoms with Gasteiger partial charge >= 0.3 is 5.97 Å². The van der Waals surface area contributed by atoms with E-state index in [9.17, 15) is 4.79 Å². The normalized spacial score (nSPS) is 22.2. The lowest BCUT2D eigenvalue weighted by Gasteiger charge is -2.32. The summed E-state index contributed by atoms with van der Waals surface area (Å²) in [5.74, 6) is 1.59. The fourth-order valence-electron chi connectivity index (χ4n) is 1.84. The molecule has 0 spiro atoms. The van der Waals surface area contributed by atoms with Crippen molar-refractivity contribution in [3.05, 3.63) is 0 Å². The number of hydrogen-bond donors (Lipinski definition) is 1. The van der Waals surface area contributed by atoms with E-state index < -0.39 is 5.97 Å². The van der Waals surface area contributed by atoms with Crippen molar-refractivity contribution >= 4 is 17.7 Å². The molecule has 0 amide bonds. The first-order valence-corrected chi connectivity index (χ1v) is 7.01. The number of nitrogens with zero attached hydrogens (tertiary/aromatic N) is 1. The number of thioether (sulfide) groups is 1. The molecule has 0 aliphatic carbocycles. The van der Waals surface area contributed by atoms with E-state index in [4.69, 9.17) is 9.84 Å². The Morgan fingerprint density at radius 3 is 3.12 bits per heavy atom. The lowest BCUT2D eigenvalue weighted by molar-refractivity contribution is -0.142. The molecule has 1 aliphatic heterocycles. The summed E-state index contributed by atoms with van der Waals surface area (Å²) >= 11 is 1.96. The van der Waals surface area contributed by atoms with Crippen molar-refractivity contribution in [2.24, 2.45) is 0 Å². The van der Waals surface area contributed by atoms with Gasteiger partial charge in [0.05, 0.1) is 19.1 Å². The van der Waals surface area contributed by atoms with Gasteiger partial charge < -0.3 is 9.84 Å². The predicted octanol–water partition coefficient (Wildman–Crippen LogP) is 1.31. The van der Waals surface area contributed by atoms with Crippen molar-refractivity contribution in [1.29, 1.82) is 0 Å². The van der Waals surface area contributed by atoms with Gasteiger partial charge in [0.2, 0.25) is 0 Å². The average molecular weight is 247 g/mol. The summed E-state index contributed by atoms with van der Waals surface area (Å²) in [6.45, 7) is 5.60. The van der Waals surface area contributed by atoms with Gasteiger partial charge in [0, 0.05) is 13.1 Å². The summed E-state index contributed by atoms with van der Waals surface area (Å²) in [6, 6.07) is 0. The molecule has 94 valence electrons. The third kappa shape index (κ3) is 5.72. The monoisotopic (exact) mass is 247 g/mol. The highest BCUT2D eigenvalue weighted by molar-refractivity contribution is 7.99. The number of rotatable bonds is 7. The summed E-state index contributed by atoms with van der Waals surface area (Å²) in [5.41, 5.74) is 0. The fraction of sp³-hybridized carbons (Fsp3) is 0.909. The van der Waals surface area contributed by atoms with Gasteiger partial charge in [0.15, 0.2) is 0 Å². The number of ether oxygens (including phenoxy) is 1. The van der Waals surface area contributed by atoms with Crippen LogP contribution in [-0.4, -0.2) is 59.8 Å². The van der Waals surface area contributed by atoms with Gasteiger partial charge in [0.1, 0.15) is 0 Å². The van der Waals surface area contributed by atoms with E-state index in [0.717, 1.165) is 19.6 Å². The molecule has 1 atom stereocenters. The Kier molecular flexibility index (Phi) is 6.84. The summed E-state index contributed by atoms with van der Waals surface area (Å²) in [4.78, 5) is 12.9. The molecule has 1 saturated heterocycles. The predicted molar refractivity (Wildman–Crippen MR) is 66.0 cm³/mol. The molecule has 0 aromatic rings. The second-order valence-corrected chi connectivity index (χ2v) is 5.34. The van der Waals surface area contributed by atoms with Crippen LogP contribution in [0.3, 0.4) is 0 Å². The van der Waals surface area contributed by atoms with Gasteiger partial charge in [-0.05, 0) is 24.5 Å². The van der Waals surface area contributed by atoms with Crippen molar-refractivity contribution in [3.8, 4) is 0 Å². The third-order valence-electron chi connectivity index (χ3n) is 2.59. The molecule has 5 heteroatoms. The van der Waals surface area contributed by atoms with Crippen molar-refractivity contribution < 1.29 is 14.6 Å². The topological polar surface area (TPSA) is 49.8 Å². The number of carboxylic acids is 1. The van der Waals surface area contributed by atoms with Gasteiger partial charge in [-0.1, -0.05) is 6.92 Å². The zero-order valence-electron chi connectivity index (χ0n) is 9.85. The van der Waals surface area contributed by atoms with E-state index in [2.05, 4.69) is 11.8 Å². The zero-order valence-corrected chi connectivity index (χ0v) is 10.7. The molecular weight excluding hydrogens is 226 g/mol. The SMILES string of the molecule is CCSCCCN1CCOC(CC(=O)O)C1. The van der Waals surface area contributed by atoms with Crippen LogP contribution in [0.25, 0.3) is 0 Å². The Morgan fingerprint density at radius 2 is 2.44 bits per heavy atom. The van der Waals surface area contributed by atoms with Crippen molar-refractivity contribution in [1.82, 2.24) is 4.90 Å². The van der Waals surface area contributed by atoms with E-state index in [1.165, 1.54) is 17.9 Å². The van der Waals surface area contributed by atoms with E-state index in [-0.39, 0.29) is 12.5 Å². The molecule has 0 bridgehead atoms. The first-order valence-electron chi connectivity index (χ1n) is 5.86. The van der Waals surface area contributed by atoms with Crippen molar-refractivity contribution in [2.45, 2.75) is 25.9 Å². The van der Waals surface area contributed by atoms with Crippen molar-refractivity contribution in [2.75, 3.05) is 37.7 Å². The van der Waals surface area contributed by atoms with Crippen LogP contribution in [0, 0.1) is 0 Å². The molecule has 1 aliphatic rings. The van der Waals surface area contributed by atoms with Gasteiger partial charge in [-0.2, -0.15) is 11.8 Å². The molecular formula is C11H21NO3S. The minimum Gasteiger partial charge on any atom is -0.481 e. The number of carbonyl (C=O) groups is 1. The van der Waals surface area contributed by atoms with E-state index in [0.29, 0.717) is 6.61 Å². The second-order valence-electron chi connectivity index (χ2n) is 3.94. The summed E-state index contributed by atoms with van der Waals surface area (Å²) < 4.78 is 5.42. The highest BCUT2D eigenvalue weighted by atomic mass is 32.2. The average Bonchev–Trinajstić information content (AvgIpc) is 2.24. The highest BCUT2D eigenvalue weighted by Gasteiger charge is 2.21. The maximum Gasteiger partial charge on any atom is 0.306 e. The number of morpholine rings is 1. The molecule has 0 radical (unpaired) electrons. The molecule has 1 rings (SSSR count). The Balaban J connectivity index is 2.14. The van der Waals surface area contributed by atoms with Gasteiger partial charge in [-0.25, -0.2) is 0 Å². The van der Waals surface area contributed by atoms with Crippen molar-refractivity contribution in [3.63, 3.8) is 0 Å². The lowest BCUT2D eigenvalue weighted by Crippen LogP contribution is -2.43. The Morgan fingerprint density at radius 1 is 1.62 bits per heavy atom. The zero-order chi connectivity index (χ0) is 11.8. The molecule has 1 unspecified atom stereocenters. The summed E-state index contributed by atoms with van der Waals surface area (Å²) in [6.07, 6.45) is 1.18. The Hall–Kier alpha value is -0.260. The van der Waals surface area contributed by atoms with Crippen LogP contribution in [0.4, 0.5) is 0 Å². The van der Waals surface area contributed by atoms with E-state index in [1.54, 1.807) is 0 Å². The summed E-state index contributed by atoms with van der Waals surface area (Å²) in [7, 11) is 0. The van der Waals surface area contributed by atoms with Crippen LogP contribution in [0.5, 0.6) is 0 Å². The first-order chi connectivity index (χ1) is 7.72. The molecule has 1 heterocycles.